The SMILES string of the molecule is Cc1ccc(Cl)cc1N1CCC(CNC(=O)C2CCN(c3ccc(Cl)cc3)C2=O)C1. The van der Waals surface area contributed by atoms with Gasteiger partial charge in [-0.05, 0) is 67.6 Å². The minimum Gasteiger partial charge on any atom is -0.371 e. The van der Waals surface area contributed by atoms with Gasteiger partial charge in [0.05, 0.1) is 0 Å². The summed E-state index contributed by atoms with van der Waals surface area (Å²) in [6, 6.07) is 13.1. The lowest BCUT2D eigenvalue weighted by atomic mass is 10.1. The van der Waals surface area contributed by atoms with Crippen molar-refractivity contribution >= 4 is 46.4 Å². The van der Waals surface area contributed by atoms with E-state index < -0.39 is 5.92 Å². The Morgan fingerprint density at radius 3 is 2.57 bits per heavy atom. The molecule has 0 spiro atoms. The van der Waals surface area contributed by atoms with Crippen LogP contribution in [0, 0.1) is 18.8 Å². The summed E-state index contributed by atoms with van der Waals surface area (Å²) in [5.41, 5.74) is 3.13. The molecule has 0 aliphatic carbocycles. The van der Waals surface area contributed by atoms with Gasteiger partial charge in [-0.3, -0.25) is 9.59 Å². The van der Waals surface area contributed by atoms with Crippen LogP contribution in [-0.2, 0) is 9.59 Å². The van der Waals surface area contributed by atoms with E-state index in [0.717, 1.165) is 35.9 Å². The number of aryl methyl sites for hydroxylation is 1. The van der Waals surface area contributed by atoms with Gasteiger partial charge in [-0.25, -0.2) is 0 Å². The summed E-state index contributed by atoms with van der Waals surface area (Å²) in [6.07, 6.45) is 1.54. The average Bonchev–Trinajstić information content (AvgIpc) is 3.35. The van der Waals surface area contributed by atoms with Gasteiger partial charge in [0, 0.05) is 47.6 Å². The monoisotopic (exact) mass is 445 g/mol. The number of hydrogen-bond acceptors (Lipinski definition) is 3. The molecule has 2 unspecified atom stereocenters. The molecule has 1 N–H and O–H groups in total. The normalized spacial score (nSPS) is 21.4. The Bertz CT molecular complexity index is 948. The first-order valence-corrected chi connectivity index (χ1v) is 11.0. The van der Waals surface area contributed by atoms with Crippen LogP contribution in [0.2, 0.25) is 10.0 Å². The third kappa shape index (κ3) is 4.42. The Morgan fingerprint density at radius 2 is 1.80 bits per heavy atom. The summed E-state index contributed by atoms with van der Waals surface area (Å²) >= 11 is 12.1. The second-order valence-corrected chi connectivity index (χ2v) is 8.96. The largest absolute Gasteiger partial charge is 0.371 e. The van der Waals surface area contributed by atoms with E-state index in [1.54, 1.807) is 17.0 Å². The van der Waals surface area contributed by atoms with Crippen LogP contribution in [0.3, 0.4) is 0 Å². The third-order valence-electron chi connectivity index (χ3n) is 6.02. The van der Waals surface area contributed by atoms with E-state index in [0.29, 0.717) is 30.5 Å². The predicted octanol–water partition coefficient (Wildman–Crippen LogP) is 4.30. The number of nitrogens with one attached hydrogen (secondary N) is 1. The van der Waals surface area contributed by atoms with Crippen LogP contribution in [0.25, 0.3) is 0 Å². The molecule has 158 valence electrons. The molecular formula is C23H25Cl2N3O2. The summed E-state index contributed by atoms with van der Waals surface area (Å²) in [4.78, 5) is 29.4. The Morgan fingerprint density at radius 1 is 1.07 bits per heavy atom. The zero-order valence-electron chi connectivity index (χ0n) is 16.9. The van der Waals surface area contributed by atoms with Crippen molar-refractivity contribution in [1.29, 1.82) is 0 Å². The lowest BCUT2D eigenvalue weighted by molar-refractivity contribution is -0.132. The van der Waals surface area contributed by atoms with Gasteiger partial charge in [0.25, 0.3) is 0 Å². The Labute approximate surface area is 186 Å². The predicted molar refractivity (Wildman–Crippen MR) is 121 cm³/mol. The first-order chi connectivity index (χ1) is 14.4. The molecule has 5 nitrogen and oxygen atoms in total. The maximum Gasteiger partial charge on any atom is 0.239 e. The highest BCUT2D eigenvalue weighted by atomic mass is 35.5. The van der Waals surface area contributed by atoms with Crippen molar-refractivity contribution in [3.63, 3.8) is 0 Å². The molecule has 2 aromatic carbocycles. The maximum absolute atomic E-state index is 12.7. The van der Waals surface area contributed by atoms with Crippen molar-refractivity contribution in [3.8, 4) is 0 Å². The molecule has 4 rings (SSSR count). The van der Waals surface area contributed by atoms with Crippen molar-refractivity contribution in [2.45, 2.75) is 19.8 Å². The van der Waals surface area contributed by atoms with Crippen molar-refractivity contribution < 1.29 is 9.59 Å². The fourth-order valence-electron chi connectivity index (χ4n) is 4.31. The summed E-state index contributed by atoms with van der Waals surface area (Å²) in [7, 11) is 0. The van der Waals surface area contributed by atoms with Crippen molar-refractivity contribution in [2.75, 3.05) is 36.0 Å². The molecule has 0 bridgehead atoms. The third-order valence-corrected chi connectivity index (χ3v) is 6.51. The van der Waals surface area contributed by atoms with Gasteiger partial charge in [-0.1, -0.05) is 29.3 Å². The van der Waals surface area contributed by atoms with Gasteiger partial charge in [-0.2, -0.15) is 0 Å². The molecule has 2 saturated heterocycles. The number of carbonyl (C=O) groups excluding carboxylic acids is 2. The summed E-state index contributed by atoms with van der Waals surface area (Å²) < 4.78 is 0. The van der Waals surface area contributed by atoms with Crippen LogP contribution in [-0.4, -0.2) is 38.0 Å². The van der Waals surface area contributed by atoms with E-state index in [1.807, 2.05) is 30.3 Å². The van der Waals surface area contributed by atoms with Crippen LogP contribution < -0.4 is 15.1 Å². The second-order valence-electron chi connectivity index (χ2n) is 8.08. The molecule has 2 aromatic rings. The standard InChI is InChI=1S/C23H25Cl2N3O2/c1-15-2-3-18(25)12-21(15)27-10-8-16(14-27)13-26-22(29)20-9-11-28(23(20)30)19-6-4-17(24)5-7-19/h2-7,12,16,20H,8-11,13-14H2,1H3,(H,26,29). The smallest absolute Gasteiger partial charge is 0.239 e. The molecule has 30 heavy (non-hydrogen) atoms. The fraction of sp³-hybridized carbons (Fsp3) is 0.391. The number of halogens is 2. The highest BCUT2D eigenvalue weighted by molar-refractivity contribution is 6.31. The molecule has 2 atom stereocenters. The number of rotatable bonds is 5. The molecule has 2 amide bonds. The van der Waals surface area contributed by atoms with Crippen molar-refractivity contribution in [3.05, 3.63) is 58.1 Å². The lowest BCUT2D eigenvalue weighted by Crippen LogP contribution is -2.39. The number of carbonyl (C=O) groups is 2. The van der Waals surface area contributed by atoms with E-state index in [-0.39, 0.29) is 11.8 Å². The molecule has 2 heterocycles. The van der Waals surface area contributed by atoms with Gasteiger partial charge in [0.1, 0.15) is 5.92 Å². The lowest BCUT2D eigenvalue weighted by Gasteiger charge is -2.21. The van der Waals surface area contributed by atoms with E-state index >= 15 is 0 Å². The highest BCUT2D eigenvalue weighted by Crippen LogP contribution is 2.30. The van der Waals surface area contributed by atoms with Gasteiger partial charge in [0.2, 0.25) is 11.8 Å². The van der Waals surface area contributed by atoms with Crippen LogP contribution in [0.4, 0.5) is 11.4 Å². The van der Waals surface area contributed by atoms with Gasteiger partial charge in [-0.15, -0.1) is 0 Å². The minimum absolute atomic E-state index is 0.141. The van der Waals surface area contributed by atoms with E-state index in [2.05, 4.69) is 17.1 Å². The van der Waals surface area contributed by atoms with Gasteiger partial charge < -0.3 is 15.1 Å². The van der Waals surface area contributed by atoms with Crippen LogP contribution in [0.1, 0.15) is 18.4 Å². The highest BCUT2D eigenvalue weighted by Gasteiger charge is 2.38. The molecule has 0 aromatic heterocycles. The molecule has 0 radical (unpaired) electrons. The molecule has 2 aliphatic heterocycles. The maximum atomic E-state index is 12.7. The molecule has 2 aliphatic rings. The summed E-state index contributed by atoms with van der Waals surface area (Å²) in [6.45, 7) is 5.02. The number of anilines is 2. The zero-order chi connectivity index (χ0) is 21.3. The van der Waals surface area contributed by atoms with E-state index in [1.165, 1.54) is 5.56 Å². The second kappa shape index (κ2) is 8.86. The Balaban J connectivity index is 1.30. The number of hydrogen-bond donors (Lipinski definition) is 1. The van der Waals surface area contributed by atoms with Crippen molar-refractivity contribution in [2.24, 2.45) is 11.8 Å². The molecule has 7 heteroatoms. The molecule has 2 fully saturated rings. The Kier molecular flexibility index (Phi) is 6.21. The van der Waals surface area contributed by atoms with E-state index in [9.17, 15) is 9.59 Å². The van der Waals surface area contributed by atoms with Gasteiger partial charge >= 0.3 is 0 Å². The topological polar surface area (TPSA) is 52.7 Å². The Hall–Kier alpha value is -2.24. The first kappa shape index (κ1) is 21.0. The number of benzene rings is 2. The summed E-state index contributed by atoms with van der Waals surface area (Å²) in [5, 5.41) is 4.37. The first-order valence-electron chi connectivity index (χ1n) is 10.3. The minimum atomic E-state index is -0.617. The van der Waals surface area contributed by atoms with Crippen molar-refractivity contribution in [1.82, 2.24) is 5.32 Å². The fourth-order valence-corrected chi connectivity index (χ4v) is 4.60. The van der Waals surface area contributed by atoms with E-state index in [4.69, 9.17) is 23.2 Å². The zero-order valence-corrected chi connectivity index (χ0v) is 18.4. The van der Waals surface area contributed by atoms with Crippen LogP contribution in [0.15, 0.2) is 42.5 Å². The van der Waals surface area contributed by atoms with Crippen LogP contribution in [0.5, 0.6) is 0 Å². The van der Waals surface area contributed by atoms with Crippen LogP contribution >= 0.6 is 23.2 Å². The number of amides is 2. The average molecular weight is 446 g/mol. The quantitative estimate of drug-likeness (QED) is 0.697. The number of nitrogens with zero attached hydrogens (tertiary/aromatic N) is 2. The summed E-state index contributed by atoms with van der Waals surface area (Å²) in [5.74, 6) is -0.573. The molecule has 0 saturated carbocycles. The molecular weight excluding hydrogens is 421 g/mol. The van der Waals surface area contributed by atoms with Gasteiger partial charge in [0.15, 0.2) is 0 Å².